The van der Waals surface area contributed by atoms with E-state index in [-0.39, 0.29) is 5.78 Å². The maximum atomic E-state index is 12.2. The average Bonchev–Trinajstić information content (AvgIpc) is 2.29. The molecule has 0 spiro atoms. The van der Waals surface area contributed by atoms with E-state index < -0.39 is 0 Å². The normalized spacial score (nSPS) is 10.2. The minimum Gasteiger partial charge on any atom is -0.399 e. The van der Waals surface area contributed by atoms with Crippen molar-refractivity contribution in [1.82, 2.24) is 0 Å². The Balaban J connectivity index is 2.40. The molecule has 0 bridgehead atoms. The molecule has 0 aliphatic rings. The van der Waals surface area contributed by atoms with Gasteiger partial charge >= 0.3 is 0 Å². The number of ketones is 1. The van der Waals surface area contributed by atoms with E-state index in [9.17, 15) is 4.79 Å². The van der Waals surface area contributed by atoms with Gasteiger partial charge in [-0.3, -0.25) is 4.79 Å². The second-order valence-corrected chi connectivity index (χ2v) is 4.04. The Morgan fingerprint density at radius 2 is 1.65 bits per heavy atom. The molecule has 0 unspecified atom stereocenters. The molecule has 3 nitrogen and oxygen atoms in total. The van der Waals surface area contributed by atoms with Crippen LogP contribution in [0.4, 0.5) is 11.4 Å². The molecule has 2 rings (SSSR count). The summed E-state index contributed by atoms with van der Waals surface area (Å²) in [5.74, 6) is -0.0810. The first kappa shape index (κ1) is 11.2. The average molecular weight is 226 g/mol. The Labute approximate surface area is 100 Å². The zero-order valence-electron chi connectivity index (χ0n) is 9.60. The Morgan fingerprint density at radius 1 is 1.00 bits per heavy atom. The van der Waals surface area contributed by atoms with E-state index >= 15 is 0 Å². The summed E-state index contributed by atoms with van der Waals surface area (Å²) < 4.78 is 0. The van der Waals surface area contributed by atoms with Crippen LogP contribution in [0, 0.1) is 6.92 Å². The van der Waals surface area contributed by atoms with Gasteiger partial charge < -0.3 is 11.5 Å². The van der Waals surface area contributed by atoms with E-state index in [1.165, 1.54) is 0 Å². The van der Waals surface area contributed by atoms with E-state index in [2.05, 4.69) is 0 Å². The van der Waals surface area contributed by atoms with E-state index in [1.807, 2.05) is 19.1 Å². The molecule has 0 atom stereocenters. The molecule has 3 heteroatoms. The quantitative estimate of drug-likeness (QED) is 0.610. The lowest BCUT2D eigenvalue weighted by atomic mass is 10.0. The van der Waals surface area contributed by atoms with Crippen LogP contribution < -0.4 is 11.5 Å². The first-order chi connectivity index (χ1) is 8.08. The Kier molecular flexibility index (Phi) is 2.83. The Hall–Kier alpha value is -2.29. The number of carbonyl (C=O) groups is 1. The highest BCUT2D eigenvalue weighted by atomic mass is 16.1. The van der Waals surface area contributed by atoms with Gasteiger partial charge in [0.25, 0.3) is 0 Å². The summed E-state index contributed by atoms with van der Waals surface area (Å²) in [6.07, 6.45) is 0. The molecule has 2 aromatic carbocycles. The van der Waals surface area contributed by atoms with Crippen molar-refractivity contribution in [2.45, 2.75) is 6.92 Å². The maximum absolute atomic E-state index is 12.2. The molecule has 0 radical (unpaired) electrons. The van der Waals surface area contributed by atoms with Crippen molar-refractivity contribution in [2.24, 2.45) is 0 Å². The van der Waals surface area contributed by atoms with Gasteiger partial charge in [0.05, 0.1) is 0 Å². The number of benzene rings is 2. The van der Waals surface area contributed by atoms with E-state index in [1.54, 1.807) is 30.3 Å². The third kappa shape index (κ3) is 2.28. The summed E-state index contributed by atoms with van der Waals surface area (Å²) in [7, 11) is 0. The molecule has 2 aromatic rings. The highest BCUT2D eigenvalue weighted by molar-refractivity contribution is 6.12. The SMILES string of the molecule is Cc1ccc(C(=O)c2ccc(N)cc2N)cc1. The van der Waals surface area contributed by atoms with Crippen molar-refractivity contribution in [3.8, 4) is 0 Å². The van der Waals surface area contributed by atoms with Gasteiger partial charge in [-0.2, -0.15) is 0 Å². The molecule has 0 saturated heterocycles. The summed E-state index contributed by atoms with van der Waals surface area (Å²) in [6.45, 7) is 1.98. The van der Waals surface area contributed by atoms with Crippen LogP contribution >= 0.6 is 0 Å². The minimum absolute atomic E-state index is 0.0810. The van der Waals surface area contributed by atoms with Gasteiger partial charge in [0.15, 0.2) is 5.78 Å². The Bertz CT molecular complexity index is 559. The van der Waals surface area contributed by atoms with Gasteiger partial charge in [0.2, 0.25) is 0 Å². The van der Waals surface area contributed by atoms with Crippen molar-refractivity contribution in [1.29, 1.82) is 0 Å². The highest BCUT2D eigenvalue weighted by Gasteiger charge is 2.11. The van der Waals surface area contributed by atoms with Crippen molar-refractivity contribution in [2.75, 3.05) is 11.5 Å². The van der Waals surface area contributed by atoms with Crippen LogP contribution in [0.5, 0.6) is 0 Å². The summed E-state index contributed by atoms with van der Waals surface area (Å²) in [6, 6.07) is 12.3. The van der Waals surface area contributed by atoms with Crippen LogP contribution in [0.3, 0.4) is 0 Å². The summed E-state index contributed by atoms with van der Waals surface area (Å²) in [5, 5.41) is 0. The molecule has 0 amide bonds. The smallest absolute Gasteiger partial charge is 0.195 e. The van der Waals surface area contributed by atoms with E-state index in [0.717, 1.165) is 5.56 Å². The molecule has 0 aromatic heterocycles. The molecule has 0 aliphatic carbocycles. The van der Waals surface area contributed by atoms with Gasteiger partial charge in [-0.15, -0.1) is 0 Å². The van der Waals surface area contributed by atoms with Crippen molar-refractivity contribution < 1.29 is 4.79 Å². The second-order valence-electron chi connectivity index (χ2n) is 4.04. The molecule has 0 fully saturated rings. The fourth-order valence-electron chi connectivity index (χ4n) is 1.65. The number of hydrogen-bond acceptors (Lipinski definition) is 3. The molecule has 0 aliphatic heterocycles. The van der Waals surface area contributed by atoms with Crippen LogP contribution in [0.25, 0.3) is 0 Å². The zero-order valence-corrected chi connectivity index (χ0v) is 9.60. The number of carbonyl (C=O) groups excluding carboxylic acids is 1. The molecule has 4 N–H and O–H groups in total. The number of rotatable bonds is 2. The van der Waals surface area contributed by atoms with Crippen LogP contribution in [0.1, 0.15) is 21.5 Å². The number of nitrogens with two attached hydrogens (primary N) is 2. The van der Waals surface area contributed by atoms with Gasteiger partial charge in [0, 0.05) is 22.5 Å². The lowest BCUT2D eigenvalue weighted by Crippen LogP contribution is -2.05. The topological polar surface area (TPSA) is 69.1 Å². The zero-order chi connectivity index (χ0) is 12.4. The van der Waals surface area contributed by atoms with Crippen LogP contribution in [0.15, 0.2) is 42.5 Å². The van der Waals surface area contributed by atoms with Crippen molar-refractivity contribution in [3.63, 3.8) is 0 Å². The third-order valence-electron chi connectivity index (χ3n) is 2.63. The lowest BCUT2D eigenvalue weighted by Gasteiger charge is -2.06. The van der Waals surface area contributed by atoms with Gasteiger partial charge in [-0.1, -0.05) is 29.8 Å². The van der Waals surface area contributed by atoms with Gasteiger partial charge in [0.1, 0.15) is 0 Å². The summed E-state index contributed by atoms with van der Waals surface area (Å²) in [4.78, 5) is 12.2. The lowest BCUT2D eigenvalue weighted by molar-refractivity contribution is 0.103. The molecule has 17 heavy (non-hydrogen) atoms. The van der Waals surface area contributed by atoms with Gasteiger partial charge in [-0.05, 0) is 25.1 Å². The predicted octanol–water partition coefficient (Wildman–Crippen LogP) is 2.39. The monoisotopic (exact) mass is 226 g/mol. The molecule has 0 heterocycles. The van der Waals surface area contributed by atoms with Gasteiger partial charge in [-0.25, -0.2) is 0 Å². The molecule has 0 saturated carbocycles. The number of nitrogen functional groups attached to an aromatic ring is 2. The fraction of sp³-hybridized carbons (Fsp3) is 0.0714. The summed E-state index contributed by atoms with van der Waals surface area (Å²) >= 11 is 0. The van der Waals surface area contributed by atoms with Crippen LogP contribution in [0.2, 0.25) is 0 Å². The van der Waals surface area contributed by atoms with Crippen molar-refractivity contribution >= 4 is 17.2 Å². The highest BCUT2D eigenvalue weighted by Crippen LogP contribution is 2.19. The maximum Gasteiger partial charge on any atom is 0.195 e. The largest absolute Gasteiger partial charge is 0.399 e. The first-order valence-electron chi connectivity index (χ1n) is 5.34. The minimum atomic E-state index is -0.0810. The molecular weight excluding hydrogens is 212 g/mol. The third-order valence-corrected chi connectivity index (χ3v) is 2.63. The fourth-order valence-corrected chi connectivity index (χ4v) is 1.65. The molecular formula is C14H14N2O. The van der Waals surface area contributed by atoms with Crippen LogP contribution in [-0.4, -0.2) is 5.78 Å². The standard InChI is InChI=1S/C14H14N2O/c1-9-2-4-10(5-3-9)14(17)12-7-6-11(15)8-13(12)16/h2-8H,15-16H2,1H3. The number of hydrogen-bond donors (Lipinski definition) is 2. The van der Waals surface area contributed by atoms with Crippen LogP contribution in [-0.2, 0) is 0 Å². The first-order valence-corrected chi connectivity index (χ1v) is 5.34. The van der Waals surface area contributed by atoms with Crippen molar-refractivity contribution in [3.05, 3.63) is 59.2 Å². The summed E-state index contributed by atoms with van der Waals surface area (Å²) in [5.41, 5.74) is 14.6. The number of aryl methyl sites for hydroxylation is 1. The molecule has 86 valence electrons. The predicted molar refractivity (Wildman–Crippen MR) is 69.9 cm³/mol. The second kappa shape index (κ2) is 4.29. The van der Waals surface area contributed by atoms with E-state index in [0.29, 0.717) is 22.5 Å². The Morgan fingerprint density at radius 3 is 2.24 bits per heavy atom. The van der Waals surface area contributed by atoms with E-state index in [4.69, 9.17) is 11.5 Å². The number of anilines is 2.